The second-order valence-corrected chi connectivity index (χ2v) is 8.75. The molecule has 2 fully saturated rings. The molecule has 2 aliphatic carbocycles. The Hall–Kier alpha value is -2.57. The molecule has 2 amide bonds. The van der Waals surface area contributed by atoms with Gasteiger partial charge in [-0.3, -0.25) is 4.79 Å². The topological polar surface area (TPSA) is 82.1 Å². The van der Waals surface area contributed by atoms with Crippen LogP contribution in [0, 0.1) is 11.8 Å². The van der Waals surface area contributed by atoms with Crippen molar-refractivity contribution in [1.29, 1.82) is 0 Å². The fourth-order valence-corrected chi connectivity index (χ4v) is 4.48. The number of cyclic esters (lactones) is 1. The fourth-order valence-electron chi connectivity index (χ4n) is 4.48. The Morgan fingerprint density at radius 2 is 2.07 bits per heavy atom. The maximum atomic E-state index is 13.1. The second-order valence-electron chi connectivity index (χ2n) is 8.75. The lowest BCUT2D eigenvalue weighted by atomic mass is 9.96. The number of hydrogen-bond acceptors (Lipinski definition) is 6. The van der Waals surface area contributed by atoms with Crippen molar-refractivity contribution in [3.8, 4) is 0 Å². The molecule has 7 nitrogen and oxygen atoms in total. The predicted octanol–water partition coefficient (Wildman–Crippen LogP) is 3.22. The van der Waals surface area contributed by atoms with Crippen LogP contribution in [-0.2, 0) is 23.8 Å². The molecular weight excluding hydrogens is 362 g/mol. The Kier molecular flexibility index (Phi) is 4.36. The molecule has 4 aliphatic rings. The van der Waals surface area contributed by atoms with Crippen LogP contribution in [0.3, 0.4) is 0 Å². The fraction of sp³-hybridized carbons (Fsp3) is 0.571. The molecule has 2 aliphatic heterocycles. The average molecular weight is 387 g/mol. The third-order valence-electron chi connectivity index (χ3n) is 5.62. The number of fused-ring (bicyclic) bond motifs is 3. The van der Waals surface area contributed by atoms with Crippen LogP contribution in [0.5, 0.6) is 0 Å². The predicted molar refractivity (Wildman–Crippen MR) is 98.6 cm³/mol. The van der Waals surface area contributed by atoms with Gasteiger partial charge < -0.3 is 14.2 Å². The van der Waals surface area contributed by atoms with E-state index in [4.69, 9.17) is 14.2 Å². The van der Waals surface area contributed by atoms with Crippen molar-refractivity contribution >= 4 is 18.0 Å². The van der Waals surface area contributed by atoms with Crippen molar-refractivity contribution in [3.05, 3.63) is 35.1 Å². The molecule has 7 heteroatoms. The van der Waals surface area contributed by atoms with Gasteiger partial charge in [0.25, 0.3) is 12.2 Å². The SMILES string of the molecule is CC1=C[C@H](O/C=C2/C(=O)N(C(=O)OC(C)(C)C)[C@@H]3C4=CCC[C@H]4C[C@H]23)OC1=O. The molecule has 0 aromatic rings. The molecule has 2 heterocycles. The molecule has 1 saturated carbocycles. The van der Waals surface area contributed by atoms with Gasteiger partial charge in [0.15, 0.2) is 0 Å². The first-order valence-electron chi connectivity index (χ1n) is 9.67. The van der Waals surface area contributed by atoms with E-state index in [0.29, 0.717) is 17.1 Å². The maximum absolute atomic E-state index is 13.1. The van der Waals surface area contributed by atoms with Crippen LogP contribution in [0.25, 0.3) is 0 Å². The van der Waals surface area contributed by atoms with Crippen molar-refractivity contribution in [2.75, 3.05) is 0 Å². The molecule has 150 valence electrons. The molecule has 0 aromatic carbocycles. The lowest BCUT2D eigenvalue weighted by Crippen LogP contribution is -2.43. The quantitative estimate of drug-likeness (QED) is 0.313. The van der Waals surface area contributed by atoms with Crippen molar-refractivity contribution < 1.29 is 28.6 Å². The van der Waals surface area contributed by atoms with Crippen LogP contribution < -0.4 is 0 Å². The Bertz CT molecular complexity index is 830. The number of carbonyl (C=O) groups excluding carboxylic acids is 3. The summed E-state index contributed by atoms with van der Waals surface area (Å²) < 4.78 is 16.1. The highest BCUT2D eigenvalue weighted by atomic mass is 16.7. The molecule has 0 bridgehead atoms. The zero-order valence-corrected chi connectivity index (χ0v) is 16.6. The van der Waals surface area contributed by atoms with Gasteiger partial charge in [0.2, 0.25) is 0 Å². The largest absolute Gasteiger partial charge is 0.458 e. The smallest absolute Gasteiger partial charge is 0.417 e. The summed E-state index contributed by atoms with van der Waals surface area (Å²) in [7, 11) is 0. The van der Waals surface area contributed by atoms with E-state index in [1.807, 2.05) is 0 Å². The van der Waals surface area contributed by atoms with Gasteiger partial charge in [-0.05, 0) is 58.4 Å². The van der Waals surface area contributed by atoms with Gasteiger partial charge in [0, 0.05) is 17.6 Å². The number of nitrogens with zero attached hydrogens (tertiary/aromatic N) is 1. The number of hydrogen-bond donors (Lipinski definition) is 0. The summed E-state index contributed by atoms with van der Waals surface area (Å²) in [5, 5.41) is 0. The molecule has 28 heavy (non-hydrogen) atoms. The van der Waals surface area contributed by atoms with Gasteiger partial charge in [-0.1, -0.05) is 6.08 Å². The standard InChI is InChI=1S/C21H25NO6/c1-11-8-16(27-19(11)24)26-10-15-14-9-12-6-5-7-13(12)17(14)22(18(15)23)20(25)28-21(2,3)4/h7-8,10,12,14,16-17H,5-6,9H2,1-4H3/b15-10+/t12-,14+,16+,17+/m0/s1. The highest BCUT2D eigenvalue weighted by Crippen LogP contribution is 2.52. The van der Waals surface area contributed by atoms with E-state index in [0.717, 1.165) is 24.8 Å². The van der Waals surface area contributed by atoms with Gasteiger partial charge in [-0.2, -0.15) is 0 Å². The summed E-state index contributed by atoms with van der Waals surface area (Å²) in [6.45, 7) is 6.97. The highest BCUT2D eigenvalue weighted by molar-refractivity contribution is 6.06. The second kappa shape index (κ2) is 6.50. The molecule has 1 saturated heterocycles. The Morgan fingerprint density at radius 1 is 1.32 bits per heavy atom. The Balaban J connectivity index is 1.61. The molecule has 0 N–H and O–H groups in total. The van der Waals surface area contributed by atoms with Gasteiger partial charge in [0.1, 0.15) is 5.60 Å². The van der Waals surface area contributed by atoms with E-state index in [9.17, 15) is 14.4 Å². The van der Waals surface area contributed by atoms with E-state index in [-0.39, 0.29) is 12.0 Å². The van der Waals surface area contributed by atoms with Crippen molar-refractivity contribution in [1.82, 2.24) is 4.90 Å². The molecule has 4 atom stereocenters. The maximum Gasteiger partial charge on any atom is 0.417 e. The number of carbonyl (C=O) groups is 3. The van der Waals surface area contributed by atoms with Crippen LogP contribution in [0.15, 0.2) is 35.1 Å². The van der Waals surface area contributed by atoms with Crippen LogP contribution in [-0.4, -0.2) is 40.8 Å². The molecular formula is C21H25NO6. The van der Waals surface area contributed by atoms with Gasteiger partial charge in [0.05, 0.1) is 17.9 Å². The van der Waals surface area contributed by atoms with Gasteiger partial charge in [-0.25, -0.2) is 14.5 Å². The van der Waals surface area contributed by atoms with E-state index in [1.165, 1.54) is 11.2 Å². The molecule has 0 radical (unpaired) electrons. The number of likely N-dealkylation sites (tertiary alicyclic amines) is 1. The normalized spacial score (nSPS) is 32.9. The summed E-state index contributed by atoms with van der Waals surface area (Å²) in [5.41, 5.74) is 1.35. The van der Waals surface area contributed by atoms with E-state index in [2.05, 4.69) is 6.08 Å². The number of ether oxygens (including phenoxy) is 3. The summed E-state index contributed by atoms with van der Waals surface area (Å²) in [4.78, 5) is 38.6. The first kappa shape index (κ1) is 18.8. The zero-order chi connectivity index (χ0) is 20.2. The summed E-state index contributed by atoms with van der Waals surface area (Å²) >= 11 is 0. The van der Waals surface area contributed by atoms with Crippen LogP contribution >= 0.6 is 0 Å². The van der Waals surface area contributed by atoms with Crippen molar-refractivity contribution in [2.45, 2.75) is 64.9 Å². The lowest BCUT2D eigenvalue weighted by molar-refractivity contribution is -0.152. The minimum atomic E-state index is -0.845. The van der Waals surface area contributed by atoms with Gasteiger partial charge >= 0.3 is 12.1 Å². The molecule has 0 aromatic heterocycles. The van der Waals surface area contributed by atoms with E-state index < -0.39 is 29.9 Å². The third-order valence-corrected chi connectivity index (χ3v) is 5.62. The number of imide groups is 1. The van der Waals surface area contributed by atoms with Crippen molar-refractivity contribution in [3.63, 3.8) is 0 Å². The molecule has 0 unspecified atom stereocenters. The summed E-state index contributed by atoms with van der Waals surface area (Å²) in [6.07, 6.45) is 6.40. The first-order valence-corrected chi connectivity index (χ1v) is 9.67. The van der Waals surface area contributed by atoms with E-state index in [1.54, 1.807) is 33.8 Å². The monoisotopic (exact) mass is 387 g/mol. The first-order chi connectivity index (χ1) is 13.2. The third kappa shape index (κ3) is 3.12. The van der Waals surface area contributed by atoms with Crippen LogP contribution in [0.4, 0.5) is 4.79 Å². The minimum absolute atomic E-state index is 0.126. The summed E-state index contributed by atoms with van der Waals surface area (Å²) in [6, 6.07) is -0.312. The number of rotatable bonds is 2. The summed E-state index contributed by atoms with van der Waals surface area (Å²) in [5.74, 6) is -0.586. The molecule has 4 rings (SSSR count). The number of allylic oxidation sites excluding steroid dienone is 1. The Morgan fingerprint density at radius 3 is 2.71 bits per heavy atom. The van der Waals surface area contributed by atoms with Crippen LogP contribution in [0.1, 0.15) is 47.0 Å². The highest BCUT2D eigenvalue weighted by Gasteiger charge is 2.56. The van der Waals surface area contributed by atoms with E-state index >= 15 is 0 Å². The van der Waals surface area contributed by atoms with Gasteiger partial charge in [-0.15, -0.1) is 0 Å². The Labute approximate surface area is 164 Å². The average Bonchev–Trinajstić information content (AvgIpc) is 3.28. The van der Waals surface area contributed by atoms with Crippen molar-refractivity contribution in [2.24, 2.45) is 11.8 Å². The number of amides is 2. The number of esters is 1. The van der Waals surface area contributed by atoms with Crippen LogP contribution in [0.2, 0.25) is 0 Å². The lowest BCUT2D eigenvalue weighted by Gasteiger charge is -2.27. The minimum Gasteiger partial charge on any atom is -0.458 e. The zero-order valence-electron chi connectivity index (χ0n) is 16.6. The molecule has 0 spiro atoms.